The fraction of sp³-hybridized carbons (Fsp3) is 0.929. The molecule has 0 aromatic rings. The molecule has 0 unspecified atom stereocenters. The predicted molar refractivity (Wildman–Crippen MR) is 89.1 cm³/mol. The molecule has 0 rings (SSSR count). The molecule has 0 saturated heterocycles. The van der Waals surface area contributed by atoms with Crippen LogP contribution in [0, 0.1) is 11.3 Å². The molecule has 0 radical (unpaired) electrons. The van der Waals surface area contributed by atoms with E-state index in [0.29, 0.717) is 18.5 Å². The van der Waals surface area contributed by atoms with E-state index in [0.717, 1.165) is 38.5 Å². The Hall–Kier alpha value is 0.318. The van der Waals surface area contributed by atoms with Gasteiger partial charge in [0.25, 0.3) is 0 Å². The van der Waals surface area contributed by atoms with Crippen molar-refractivity contribution in [2.45, 2.75) is 59.3 Å². The second-order valence-corrected chi connectivity index (χ2v) is 15.0. The summed E-state index contributed by atoms with van der Waals surface area (Å²) in [6, 6.07) is 2.16. The van der Waals surface area contributed by atoms with Gasteiger partial charge >= 0.3 is 141 Å². The third-order valence-corrected chi connectivity index (χ3v) is 8.91. The van der Waals surface area contributed by atoms with E-state index < -0.39 is 27.2 Å². The summed E-state index contributed by atoms with van der Waals surface area (Å²) < 4.78 is 65.2. The number of hydrogen-bond acceptors (Lipinski definition) is 1. The zero-order valence-corrected chi connectivity index (χ0v) is 17.6. The first kappa shape index (κ1) is 25.6. The van der Waals surface area contributed by atoms with Gasteiger partial charge in [0.05, 0.1) is 0 Å². The van der Waals surface area contributed by atoms with Gasteiger partial charge in [-0.05, 0) is 0 Å². The van der Waals surface area contributed by atoms with Crippen LogP contribution in [0.3, 0.4) is 0 Å². The molecule has 142 valence electrons. The van der Waals surface area contributed by atoms with Gasteiger partial charge in [-0.1, -0.05) is 0 Å². The molecule has 0 spiro atoms. The Morgan fingerprint density at radius 3 is 1.22 bits per heavy atom. The van der Waals surface area contributed by atoms with E-state index in [9.17, 15) is 14.1 Å². The van der Waals surface area contributed by atoms with Crippen LogP contribution in [0.1, 0.15) is 59.3 Å². The summed E-state index contributed by atoms with van der Waals surface area (Å²) >= 11 is -9.19. The van der Waals surface area contributed by atoms with Crippen molar-refractivity contribution in [3.63, 3.8) is 0 Å². The predicted octanol–water partition coefficient (Wildman–Crippen LogP) is 7.07. The Balaban J connectivity index is 0. The van der Waals surface area contributed by atoms with Crippen LogP contribution in [0.2, 0.25) is 0 Å². The minimum atomic E-state index is -9.19. The average molecular weight is 478 g/mol. The standard InChI is InChI=1S/C14H29FNP.5FH.Sb/c1-4-7-11-17(15,14-10-16,12-8-5-2)13-9-6-3;;;;;;/h4-9,11-14H2,1-3H3;5*1H;/q;;;;;;+5/p-5. The monoisotopic (exact) mass is 477 g/mol. The van der Waals surface area contributed by atoms with Gasteiger partial charge in [-0.2, -0.15) is 0 Å². The number of rotatable bonds is 10. The maximum atomic E-state index is 15.7. The Kier molecular flexibility index (Phi) is 11.5. The number of hydrogen-bond donors (Lipinski definition) is 0. The minimum absolute atomic E-state index is 0.200. The zero-order chi connectivity index (χ0) is 18.7. The second-order valence-electron chi connectivity index (χ2n) is 6.01. The second kappa shape index (κ2) is 10.3. The fourth-order valence-corrected chi connectivity index (χ4v) is 7.23. The van der Waals surface area contributed by atoms with Crippen molar-refractivity contribution in [1.82, 2.24) is 0 Å². The molecule has 0 fully saturated rings. The summed E-state index contributed by atoms with van der Waals surface area (Å²) in [5, 5.41) is 9.01. The first-order valence-electron chi connectivity index (χ1n) is 7.98. The van der Waals surface area contributed by atoms with Crippen molar-refractivity contribution in [3.05, 3.63) is 0 Å². The van der Waals surface area contributed by atoms with E-state index in [-0.39, 0.29) is 6.16 Å². The van der Waals surface area contributed by atoms with Crippen molar-refractivity contribution in [2.75, 3.05) is 24.6 Å². The van der Waals surface area contributed by atoms with Crippen LogP contribution in [0.15, 0.2) is 0 Å². The van der Waals surface area contributed by atoms with Crippen LogP contribution >= 0.6 is 6.91 Å². The molecule has 0 aromatic heterocycles. The molecule has 0 aliphatic carbocycles. The summed E-state index contributed by atoms with van der Waals surface area (Å²) in [7, 11) is 0. The van der Waals surface area contributed by atoms with Gasteiger partial charge in [-0.15, -0.1) is 0 Å². The summed E-state index contributed by atoms with van der Waals surface area (Å²) in [5.74, 6) is 0. The summed E-state index contributed by atoms with van der Waals surface area (Å²) in [6.45, 7) is 3.11. The molecule has 1 nitrogen and oxygen atoms in total. The van der Waals surface area contributed by atoms with Crippen molar-refractivity contribution in [2.24, 2.45) is 0 Å². The zero-order valence-electron chi connectivity index (χ0n) is 14.2. The average Bonchev–Trinajstić information content (AvgIpc) is 2.39. The molecule has 0 bridgehead atoms. The number of nitriles is 1. The Bertz CT molecular complexity index is 336. The van der Waals surface area contributed by atoms with E-state index in [1.165, 1.54) is 0 Å². The Morgan fingerprint density at radius 1 is 0.783 bits per heavy atom. The third-order valence-electron chi connectivity index (χ3n) is 3.68. The number of halogens is 6. The van der Waals surface area contributed by atoms with E-state index in [1.54, 1.807) is 0 Å². The van der Waals surface area contributed by atoms with Crippen LogP contribution in [-0.2, 0) is 0 Å². The summed E-state index contributed by atoms with van der Waals surface area (Å²) in [5.41, 5.74) is 0. The molecule has 9 heteroatoms. The van der Waals surface area contributed by atoms with E-state index >= 15 is 4.20 Å². The van der Waals surface area contributed by atoms with Crippen LogP contribution in [0.5, 0.6) is 0 Å². The molecule has 0 saturated carbocycles. The summed E-state index contributed by atoms with van der Waals surface area (Å²) in [6.07, 6.45) is 8.21. The quantitative estimate of drug-likeness (QED) is 0.187. The van der Waals surface area contributed by atoms with Gasteiger partial charge < -0.3 is 0 Å². The SMILES string of the molecule is CCCCP(F)(CC#N)(CCCC)CCCC.[F][Sb]([F])([F])([F])[F]. The Labute approximate surface area is 140 Å². The first-order chi connectivity index (χ1) is 10.3. The molecule has 0 atom stereocenters. The molecule has 0 aliphatic rings. The van der Waals surface area contributed by atoms with Gasteiger partial charge in [-0.3, -0.25) is 0 Å². The molecule has 0 aliphatic heterocycles. The normalized spacial score (nSPS) is 15.3. The van der Waals surface area contributed by atoms with Gasteiger partial charge in [0.2, 0.25) is 0 Å². The molecule has 0 N–H and O–H groups in total. The van der Waals surface area contributed by atoms with Crippen LogP contribution < -0.4 is 0 Å². The van der Waals surface area contributed by atoms with Crippen molar-refractivity contribution < 1.29 is 18.3 Å². The summed E-state index contributed by atoms with van der Waals surface area (Å²) in [4.78, 5) is 0. The first-order valence-corrected chi connectivity index (χ1v) is 15.7. The maximum absolute atomic E-state index is 15.7. The van der Waals surface area contributed by atoms with Gasteiger partial charge in [0.1, 0.15) is 0 Å². The van der Waals surface area contributed by atoms with Crippen LogP contribution in [0.4, 0.5) is 18.3 Å². The van der Waals surface area contributed by atoms with Crippen molar-refractivity contribution in [1.29, 1.82) is 5.26 Å². The van der Waals surface area contributed by atoms with Crippen LogP contribution in [0.25, 0.3) is 0 Å². The molecule has 0 heterocycles. The molecule has 23 heavy (non-hydrogen) atoms. The van der Waals surface area contributed by atoms with E-state index in [2.05, 4.69) is 26.8 Å². The molecular formula is C14H29F6NPSb. The van der Waals surface area contributed by atoms with Crippen molar-refractivity contribution >= 4 is 27.2 Å². The fourth-order valence-electron chi connectivity index (χ4n) is 2.41. The van der Waals surface area contributed by atoms with Gasteiger partial charge in [0, 0.05) is 0 Å². The topological polar surface area (TPSA) is 23.8 Å². The van der Waals surface area contributed by atoms with E-state index in [1.807, 2.05) is 0 Å². The van der Waals surface area contributed by atoms with Crippen molar-refractivity contribution in [3.8, 4) is 6.07 Å². The van der Waals surface area contributed by atoms with E-state index in [4.69, 9.17) is 5.26 Å². The molecule has 0 amide bonds. The molecule has 0 aromatic carbocycles. The van der Waals surface area contributed by atoms with Gasteiger partial charge in [-0.25, -0.2) is 0 Å². The number of unbranched alkanes of at least 4 members (excludes halogenated alkanes) is 3. The third kappa shape index (κ3) is 16.9. The van der Waals surface area contributed by atoms with Crippen LogP contribution in [-0.4, -0.2) is 44.9 Å². The molecular weight excluding hydrogens is 449 g/mol. The number of nitrogens with zero attached hydrogens (tertiary/aromatic N) is 1. The van der Waals surface area contributed by atoms with Gasteiger partial charge in [0.15, 0.2) is 0 Å². The Morgan fingerprint density at radius 2 is 1.04 bits per heavy atom.